The van der Waals surface area contributed by atoms with Crippen LogP contribution in [0.4, 0.5) is 0 Å². The number of phenolic OH excluding ortho intramolecular Hbond substituents is 1. The van der Waals surface area contributed by atoms with Gasteiger partial charge in [0.2, 0.25) is 0 Å². The van der Waals surface area contributed by atoms with E-state index in [4.69, 9.17) is 14.4 Å². The van der Waals surface area contributed by atoms with E-state index in [1.807, 2.05) is 42.6 Å². The van der Waals surface area contributed by atoms with Crippen molar-refractivity contribution in [2.75, 3.05) is 0 Å². The van der Waals surface area contributed by atoms with Gasteiger partial charge in [-0.1, -0.05) is 123 Å². The average molecular weight is 698 g/mol. The Morgan fingerprint density at radius 1 is 0.593 bits per heavy atom. The first-order valence-electron chi connectivity index (χ1n) is 18.2. The third-order valence-corrected chi connectivity index (χ3v) is 10.8. The molecule has 0 atom stereocenters. The van der Waals surface area contributed by atoms with Crippen molar-refractivity contribution in [3.05, 3.63) is 181 Å². The monoisotopic (exact) mass is 697 g/mol. The highest BCUT2D eigenvalue weighted by molar-refractivity contribution is 6.15. The summed E-state index contributed by atoms with van der Waals surface area (Å²) < 4.78 is 8.74. The highest BCUT2D eigenvalue weighted by Gasteiger charge is 2.26. The maximum atomic E-state index is 11.0. The third-order valence-electron chi connectivity index (χ3n) is 10.8. The number of hydrogen-bond acceptors (Lipinski definition) is 4. The Labute approximate surface area is 312 Å². The van der Waals surface area contributed by atoms with Gasteiger partial charge in [-0.05, 0) is 70.6 Å². The van der Waals surface area contributed by atoms with Crippen molar-refractivity contribution in [3.63, 3.8) is 0 Å². The summed E-state index contributed by atoms with van der Waals surface area (Å²) in [6.07, 6.45) is 1.95. The predicted molar refractivity (Wildman–Crippen MR) is 220 cm³/mol. The van der Waals surface area contributed by atoms with Gasteiger partial charge >= 0.3 is 0 Å². The molecule has 10 aromatic rings. The molecule has 0 amide bonds. The fourth-order valence-electron chi connectivity index (χ4n) is 7.88. The molecule has 54 heavy (non-hydrogen) atoms. The Balaban J connectivity index is 1.21. The van der Waals surface area contributed by atoms with Crippen LogP contribution >= 0.6 is 0 Å². The van der Waals surface area contributed by atoms with Crippen molar-refractivity contribution >= 4 is 43.7 Å². The van der Waals surface area contributed by atoms with Crippen LogP contribution in [0.1, 0.15) is 25.0 Å². The minimum Gasteiger partial charge on any atom is -0.507 e. The molecule has 0 saturated carbocycles. The second-order valence-electron chi connectivity index (χ2n) is 14.4. The number of nitrogens with zero attached hydrogens (tertiary/aromatic N) is 3. The zero-order chi connectivity index (χ0) is 36.4. The fraction of sp³-hybridized carbons (Fsp3) is 0.0612. The van der Waals surface area contributed by atoms with Crippen LogP contribution in [-0.2, 0) is 5.41 Å². The molecule has 1 N–H and O–H groups in total. The molecule has 0 aliphatic rings. The van der Waals surface area contributed by atoms with Gasteiger partial charge in [0.1, 0.15) is 22.7 Å². The first-order valence-corrected chi connectivity index (χ1v) is 18.2. The summed E-state index contributed by atoms with van der Waals surface area (Å²) in [6, 6.07) is 56.0. The lowest BCUT2D eigenvalue weighted by molar-refractivity contribution is 0.477. The van der Waals surface area contributed by atoms with Crippen molar-refractivity contribution in [2.24, 2.45) is 0 Å². The number of fused-ring (bicyclic) bond motifs is 6. The minimum absolute atomic E-state index is 0.181. The van der Waals surface area contributed by atoms with E-state index in [1.54, 1.807) is 6.07 Å². The number of benzene rings is 7. The van der Waals surface area contributed by atoms with Gasteiger partial charge in [-0.2, -0.15) is 0 Å². The molecule has 3 heterocycles. The SMILES string of the molecule is CC(C)(c1ccccc1)c1cc(-c2cc3oc4c5ccccc5ccc4c3cn2)cc(-c2cccc3c2nc(-c2ccccc2O)n3-c2ccccc2)c1. The van der Waals surface area contributed by atoms with Gasteiger partial charge in [0.05, 0.1) is 22.3 Å². The van der Waals surface area contributed by atoms with Gasteiger partial charge in [-0.3, -0.25) is 9.55 Å². The minimum atomic E-state index is -0.327. The number of hydrogen-bond donors (Lipinski definition) is 1. The van der Waals surface area contributed by atoms with Crippen LogP contribution in [-0.4, -0.2) is 19.6 Å². The third kappa shape index (κ3) is 5.08. The molecule has 0 aliphatic heterocycles. The number of phenols is 1. The molecule has 0 unspecified atom stereocenters. The lowest BCUT2D eigenvalue weighted by Gasteiger charge is -2.27. The normalized spacial score (nSPS) is 12.0. The lowest BCUT2D eigenvalue weighted by atomic mass is 9.76. The van der Waals surface area contributed by atoms with Crippen LogP contribution in [0.3, 0.4) is 0 Å². The summed E-state index contributed by atoms with van der Waals surface area (Å²) in [5.74, 6) is 0.854. The van der Waals surface area contributed by atoms with E-state index >= 15 is 0 Å². The standard InChI is InChI=1S/C49H35N3O2/c1-49(2,34-15-5-3-6-16-34)35-27-32(26-33(28-35)42-29-45-41(30-50-42)39-25-24-31-14-9-10-19-38(31)47(39)54-45)37-21-13-22-43-46(37)51-48(40-20-11-12-23-44(40)53)52(43)36-17-7-4-8-18-36/h3-30,53H,1-2H3. The maximum Gasteiger partial charge on any atom is 0.149 e. The van der Waals surface area contributed by atoms with Crippen molar-refractivity contribution in [1.82, 2.24) is 14.5 Å². The Hall–Kier alpha value is -6.98. The van der Waals surface area contributed by atoms with Crippen LogP contribution < -0.4 is 0 Å². The summed E-state index contributed by atoms with van der Waals surface area (Å²) in [7, 11) is 0. The molecule has 0 aliphatic carbocycles. The fourth-order valence-corrected chi connectivity index (χ4v) is 7.88. The van der Waals surface area contributed by atoms with Crippen molar-refractivity contribution in [3.8, 4) is 45.2 Å². The quantitative estimate of drug-likeness (QED) is 0.188. The molecule has 0 saturated heterocycles. The Kier molecular flexibility index (Phi) is 7.24. The summed E-state index contributed by atoms with van der Waals surface area (Å²) in [4.78, 5) is 10.4. The van der Waals surface area contributed by atoms with E-state index in [-0.39, 0.29) is 11.2 Å². The van der Waals surface area contributed by atoms with E-state index in [9.17, 15) is 5.11 Å². The zero-order valence-electron chi connectivity index (χ0n) is 29.9. The first-order chi connectivity index (χ1) is 26.4. The molecule has 5 nitrogen and oxygen atoms in total. The van der Waals surface area contributed by atoms with Gasteiger partial charge in [0, 0.05) is 50.7 Å². The molecular formula is C49H35N3O2. The number of furan rings is 1. The van der Waals surface area contributed by atoms with Gasteiger partial charge in [0.25, 0.3) is 0 Å². The van der Waals surface area contributed by atoms with E-state index in [2.05, 4.69) is 140 Å². The smallest absolute Gasteiger partial charge is 0.149 e. The molecule has 10 rings (SSSR count). The highest BCUT2D eigenvalue weighted by atomic mass is 16.3. The van der Waals surface area contributed by atoms with Gasteiger partial charge in [0.15, 0.2) is 0 Å². The number of imidazole rings is 1. The summed E-state index contributed by atoms with van der Waals surface area (Å²) >= 11 is 0. The second-order valence-corrected chi connectivity index (χ2v) is 14.4. The number of aromatic nitrogens is 3. The van der Waals surface area contributed by atoms with Crippen LogP contribution in [0.5, 0.6) is 5.75 Å². The van der Waals surface area contributed by atoms with Crippen LogP contribution in [0.15, 0.2) is 174 Å². The summed E-state index contributed by atoms with van der Waals surface area (Å²) in [5.41, 5.74) is 11.0. The van der Waals surface area contributed by atoms with E-state index < -0.39 is 0 Å². The number of para-hydroxylation sites is 3. The molecular weight excluding hydrogens is 663 g/mol. The number of pyridine rings is 1. The van der Waals surface area contributed by atoms with Crippen LogP contribution in [0, 0.1) is 0 Å². The van der Waals surface area contributed by atoms with E-state index in [0.29, 0.717) is 11.4 Å². The van der Waals surface area contributed by atoms with Gasteiger partial charge in [-0.25, -0.2) is 4.98 Å². The molecule has 258 valence electrons. The first kappa shape index (κ1) is 31.7. The molecule has 5 heteroatoms. The van der Waals surface area contributed by atoms with E-state index in [0.717, 1.165) is 77.4 Å². The topological polar surface area (TPSA) is 64.1 Å². The maximum absolute atomic E-state index is 11.0. The van der Waals surface area contributed by atoms with Gasteiger partial charge in [-0.15, -0.1) is 0 Å². The number of aromatic hydroxyl groups is 1. The van der Waals surface area contributed by atoms with Crippen molar-refractivity contribution < 1.29 is 9.52 Å². The lowest BCUT2D eigenvalue weighted by Crippen LogP contribution is -2.19. The molecule has 0 fully saturated rings. The Bertz CT molecular complexity index is 3030. The molecule has 3 aromatic heterocycles. The largest absolute Gasteiger partial charge is 0.507 e. The van der Waals surface area contributed by atoms with Crippen molar-refractivity contribution in [2.45, 2.75) is 19.3 Å². The zero-order valence-corrected chi connectivity index (χ0v) is 29.9. The Morgan fingerprint density at radius 2 is 1.31 bits per heavy atom. The predicted octanol–water partition coefficient (Wildman–Crippen LogP) is 12.5. The molecule has 0 spiro atoms. The number of rotatable bonds is 6. The summed E-state index contributed by atoms with van der Waals surface area (Å²) in [6.45, 7) is 4.54. The second kappa shape index (κ2) is 12.3. The van der Waals surface area contributed by atoms with Crippen LogP contribution in [0.25, 0.3) is 83.2 Å². The van der Waals surface area contributed by atoms with E-state index in [1.165, 1.54) is 5.56 Å². The molecule has 7 aromatic carbocycles. The molecule has 0 bridgehead atoms. The van der Waals surface area contributed by atoms with Crippen LogP contribution in [0.2, 0.25) is 0 Å². The summed E-state index contributed by atoms with van der Waals surface area (Å²) in [5, 5.41) is 15.3. The average Bonchev–Trinajstić information content (AvgIpc) is 3.80. The molecule has 0 radical (unpaired) electrons. The van der Waals surface area contributed by atoms with Crippen molar-refractivity contribution in [1.29, 1.82) is 0 Å². The Morgan fingerprint density at radius 3 is 2.15 bits per heavy atom. The van der Waals surface area contributed by atoms with Gasteiger partial charge < -0.3 is 9.52 Å². The highest BCUT2D eigenvalue weighted by Crippen LogP contribution is 2.42.